The maximum Gasteiger partial charge on any atom is 0.325 e. The van der Waals surface area contributed by atoms with Gasteiger partial charge in [-0.3, -0.25) is 9.69 Å². The highest BCUT2D eigenvalue weighted by Crippen LogP contribution is 2.34. The van der Waals surface area contributed by atoms with Gasteiger partial charge in [-0.15, -0.1) is 0 Å². The molecule has 2 aliphatic rings. The molecule has 1 aliphatic carbocycles. The minimum Gasteiger partial charge on any atom is -0.492 e. The van der Waals surface area contributed by atoms with E-state index in [0.717, 1.165) is 35.9 Å². The van der Waals surface area contributed by atoms with Crippen LogP contribution in [0, 0.1) is 0 Å². The third-order valence-corrected chi connectivity index (χ3v) is 4.63. The van der Waals surface area contributed by atoms with Crippen LogP contribution in [0.5, 0.6) is 5.75 Å². The Hall–Kier alpha value is -1.56. The second kappa shape index (κ2) is 5.67. The molecule has 2 fully saturated rings. The highest BCUT2D eigenvalue weighted by Gasteiger charge is 2.52. The highest BCUT2D eigenvalue weighted by atomic mass is 79.9. The summed E-state index contributed by atoms with van der Waals surface area (Å²) in [6, 6.07) is 7.16. The van der Waals surface area contributed by atoms with E-state index in [0.29, 0.717) is 6.61 Å². The van der Waals surface area contributed by atoms with E-state index in [1.807, 2.05) is 24.3 Å². The van der Waals surface area contributed by atoms with Crippen molar-refractivity contribution in [2.24, 2.45) is 0 Å². The van der Waals surface area contributed by atoms with Gasteiger partial charge in [-0.1, -0.05) is 28.8 Å². The lowest BCUT2D eigenvalue weighted by atomic mass is 9.98. The smallest absolute Gasteiger partial charge is 0.325 e. The van der Waals surface area contributed by atoms with Gasteiger partial charge in [-0.25, -0.2) is 4.79 Å². The van der Waals surface area contributed by atoms with Crippen LogP contribution in [-0.2, 0) is 4.79 Å². The van der Waals surface area contributed by atoms with Crippen molar-refractivity contribution in [1.29, 1.82) is 0 Å². The van der Waals surface area contributed by atoms with Crippen molar-refractivity contribution in [3.63, 3.8) is 0 Å². The molecule has 0 bridgehead atoms. The standard InChI is InChI=1S/C15H17BrN2O3/c16-11-3-5-12(6-4-11)21-10-9-18-13(19)15(17-14(18)20)7-1-2-8-15/h3-6H,1-2,7-10H2,(H,17,20). The zero-order chi connectivity index (χ0) is 14.9. The number of nitrogens with one attached hydrogen (secondary N) is 1. The molecule has 1 N–H and O–H groups in total. The number of ether oxygens (including phenoxy) is 1. The molecule has 1 heterocycles. The molecular formula is C15H17BrN2O3. The van der Waals surface area contributed by atoms with Crippen molar-refractivity contribution >= 4 is 27.9 Å². The van der Waals surface area contributed by atoms with Crippen LogP contribution in [-0.4, -0.2) is 35.5 Å². The van der Waals surface area contributed by atoms with Gasteiger partial charge in [0.25, 0.3) is 5.91 Å². The van der Waals surface area contributed by atoms with E-state index in [2.05, 4.69) is 21.2 Å². The number of carbonyl (C=O) groups is 2. The first-order chi connectivity index (χ1) is 10.1. The Kier molecular flexibility index (Phi) is 3.89. The van der Waals surface area contributed by atoms with Crippen LogP contribution in [0.2, 0.25) is 0 Å². The minimum absolute atomic E-state index is 0.0931. The Morgan fingerprint density at radius 2 is 1.86 bits per heavy atom. The molecular weight excluding hydrogens is 336 g/mol. The lowest BCUT2D eigenvalue weighted by molar-refractivity contribution is -0.131. The number of urea groups is 1. The van der Waals surface area contributed by atoms with Crippen LogP contribution in [0.1, 0.15) is 25.7 Å². The normalized spacial score (nSPS) is 20.1. The maximum atomic E-state index is 12.4. The third-order valence-electron chi connectivity index (χ3n) is 4.10. The average Bonchev–Trinajstić information content (AvgIpc) is 3.02. The number of rotatable bonds is 4. The maximum absolute atomic E-state index is 12.4. The van der Waals surface area contributed by atoms with E-state index >= 15 is 0 Å². The molecule has 0 aromatic heterocycles. The van der Waals surface area contributed by atoms with Crippen LogP contribution in [0.15, 0.2) is 28.7 Å². The van der Waals surface area contributed by atoms with Gasteiger partial charge in [0, 0.05) is 4.47 Å². The molecule has 1 aromatic rings. The molecule has 112 valence electrons. The summed E-state index contributed by atoms with van der Waals surface area (Å²) in [6.07, 6.45) is 3.49. The number of amides is 3. The average molecular weight is 353 g/mol. The first-order valence-electron chi connectivity index (χ1n) is 7.13. The van der Waals surface area contributed by atoms with Gasteiger partial charge in [-0.05, 0) is 37.1 Å². The van der Waals surface area contributed by atoms with Gasteiger partial charge in [0.1, 0.15) is 17.9 Å². The van der Waals surface area contributed by atoms with Crippen molar-refractivity contribution in [3.05, 3.63) is 28.7 Å². The van der Waals surface area contributed by atoms with Crippen LogP contribution < -0.4 is 10.1 Å². The minimum atomic E-state index is -0.630. The Morgan fingerprint density at radius 3 is 2.52 bits per heavy atom. The van der Waals surface area contributed by atoms with Gasteiger partial charge in [-0.2, -0.15) is 0 Å². The molecule has 5 nitrogen and oxygen atoms in total. The Morgan fingerprint density at radius 1 is 1.19 bits per heavy atom. The largest absolute Gasteiger partial charge is 0.492 e. The van der Waals surface area contributed by atoms with Gasteiger partial charge < -0.3 is 10.1 Å². The number of carbonyl (C=O) groups excluding carboxylic acids is 2. The van der Waals surface area contributed by atoms with E-state index < -0.39 is 5.54 Å². The molecule has 0 atom stereocenters. The van der Waals surface area contributed by atoms with Crippen molar-refractivity contribution in [2.45, 2.75) is 31.2 Å². The second-order valence-corrected chi connectivity index (χ2v) is 6.39. The zero-order valence-electron chi connectivity index (χ0n) is 11.6. The topological polar surface area (TPSA) is 58.6 Å². The van der Waals surface area contributed by atoms with Crippen LogP contribution >= 0.6 is 15.9 Å². The quantitative estimate of drug-likeness (QED) is 0.847. The van der Waals surface area contributed by atoms with Crippen LogP contribution in [0.4, 0.5) is 4.79 Å². The fraction of sp³-hybridized carbons (Fsp3) is 0.467. The number of hydrogen-bond donors (Lipinski definition) is 1. The SMILES string of the molecule is O=C1NC2(CCCC2)C(=O)N1CCOc1ccc(Br)cc1. The third kappa shape index (κ3) is 2.77. The Bertz CT molecular complexity index is 553. The van der Waals surface area contributed by atoms with E-state index in [4.69, 9.17) is 4.74 Å². The Labute approximate surface area is 131 Å². The summed E-state index contributed by atoms with van der Waals surface area (Å²) in [5.41, 5.74) is -0.630. The van der Waals surface area contributed by atoms with Crippen molar-refractivity contribution in [1.82, 2.24) is 10.2 Å². The monoisotopic (exact) mass is 352 g/mol. The van der Waals surface area contributed by atoms with E-state index in [-0.39, 0.29) is 18.5 Å². The van der Waals surface area contributed by atoms with Crippen molar-refractivity contribution in [2.75, 3.05) is 13.2 Å². The fourth-order valence-electron chi connectivity index (χ4n) is 2.98. The summed E-state index contributed by atoms with van der Waals surface area (Å²) >= 11 is 3.36. The van der Waals surface area contributed by atoms with Crippen molar-refractivity contribution < 1.29 is 14.3 Å². The molecule has 6 heteroatoms. The summed E-state index contributed by atoms with van der Waals surface area (Å²) < 4.78 is 6.55. The molecule has 1 spiro atoms. The Balaban J connectivity index is 1.56. The summed E-state index contributed by atoms with van der Waals surface area (Å²) in [7, 11) is 0. The molecule has 1 saturated heterocycles. The number of benzene rings is 1. The number of imide groups is 1. The predicted molar refractivity (Wildman–Crippen MR) is 81.1 cm³/mol. The summed E-state index contributed by atoms with van der Waals surface area (Å²) in [5, 5.41) is 2.86. The first kappa shape index (κ1) is 14.4. The summed E-state index contributed by atoms with van der Waals surface area (Å²) in [5.74, 6) is 0.630. The summed E-state index contributed by atoms with van der Waals surface area (Å²) in [6.45, 7) is 0.583. The zero-order valence-corrected chi connectivity index (χ0v) is 13.2. The van der Waals surface area contributed by atoms with E-state index in [1.54, 1.807) is 0 Å². The molecule has 21 heavy (non-hydrogen) atoms. The van der Waals surface area contributed by atoms with Crippen LogP contribution in [0.3, 0.4) is 0 Å². The van der Waals surface area contributed by atoms with Crippen molar-refractivity contribution in [3.8, 4) is 5.75 Å². The summed E-state index contributed by atoms with van der Waals surface area (Å²) in [4.78, 5) is 25.7. The predicted octanol–water partition coefficient (Wildman–Crippen LogP) is 2.69. The van der Waals surface area contributed by atoms with Gasteiger partial charge in [0.15, 0.2) is 0 Å². The molecule has 0 radical (unpaired) electrons. The molecule has 1 aromatic carbocycles. The fourth-order valence-corrected chi connectivity index (χ4v) is 3.25. The number of nitrogens with zero attached hydrogens (tertiary/aromatic N) is 1. The highest BCUT2D eigenvalue weighted by molar-refractivity contribution is 9.10. The molecule has 0 unspecified atom stereocenters. The number of halogens is 1. The molecule has 1 saturated carbocycles. The lowest BCUT2D eigenvalue weighted by Crippen LogP contribution is -2.44. The molecule has 3 amide bonds. The van der Waals surface area contributed by atoms with Gasteiger partial charge in [0.2, 0.25) is 0 Å². The van der Waals surface area contributed by atoms with Gasteiger partial charge in [0.05, 0.1) is 6.54 Å². The number of hydrogen-bond acceptors (Lipinski definition) is 3. The van der Waals surface area contributed by atoms with E-state index in [1.165, 1.54) is 4.90 Å². The van der Waals surface area contributed by atoms with Gasteiger partial charge >= 0.3 is 6.03 Å². The molecule has 3 rings (SSSR count). The van der Waals surface area contributed by atoms with Crippen LogP contribution in [0.25, 0.3) is 0 Å². The lowest BCUT2D eigenvalue weighted by Gasteiger charge is -2.20. The molecule has 1 aliphatic heterocycles. The second-order valence-electron chi connectivity index (χ2n) is 5.48. The first-order valence-corrected chi connectivity index (χ1v) is 7.92. The van der Waals surface area contributed by atoms with E-state index in [9.17, 15) is 9.59 Å².